The van der Waals surface area contributed by atoms with Crippen LogP contribution in [0.5, 0.6) is 0 Å². The number of nitrogen functional groups attached to an aromatic ring is 1. The smallest absolute Gasteiger partial charge is 0.197 e. The van der Waals surface area contributed by atoms with Crippen molar-refractivity contribution in [2.75, 3.05) is 5.43 Å². The molecule has 2 aromatic heterocycles. The lowest BCUT2D eigenvalue weighted by atomic mass is 10.1. The second-order valence-electron chi connectivity index (χ2n) is 3.85. The highest BCUT2D eigenvalue weighted by Gasteiger charge is 2.10. The van der Waals surface area contributed by atoms with Crippen molar-refractivity contribution < 1.29 is 0 Å². The second-order valence-corrected chi connectivity index (χ2v) is 4.71. The number of para-hydroxylation sites is 1. The minimum absolute atomic E-state index is 0.730. The molecule has 0 saturated carbocycles. The van der Waals surface area contributed by atoms with E-state index in [1.807, 2.05) is 24.6 Å². The Labute approximate surface area is 103 Å². The number of aromatic nitrogens is 2. The summed E-state index contributed by atoms with van der Waals surface area (Å²) in [5.41, 5.74) is 5.88. The first-order chi connectivity index (χ1) is 8.29. The topological polar surface area (TPSA) is 55.9 Å². The number of nitrogens with zero attached hydrogens (tertiary/aromatic N) is 2. The molecular formula is C12H12N4S. The minimum atomic E-state index is 0.730. The first-order valence-electron chi connectivity index (χ1n) is 5.26. The van der Waals surface area contributed by atoms with Gasteiger partial charge in [0.15, 0.2) is 5.13 Å². The van der Waals surface area contributed by atoms with Crippen molar-refractivity contribution in [3.63, 3.8) is 0 Å². The van der Waals surface area contributed by atoms with Crippen molar-refractivity contribution in [1.82, 2.24) is 9.55 Å². The van der Waals surface area contributed by atoms with Crippen molar-refractivity contribution in [3.8, 4) is 11.3 Å². The van der Waals surface area contributed by atoms with Crippen molar-refractivity contribution >= 4 is 27.4 Å². The Balaban J connectivity index is 2.23. The fourth-order valence-electron chi connectivity index (χ4n) is 2.01. The van der Waals surface area contributed by atoms with E-state index in [1.54, 1.807) is 0 Å². The number of hydrogen-bond acceptors (Lipinski definition) is 4. The summed E-state index contributed by atoms with van der Waals surface area (Å²) in [6.45, 7) is 0. The van der Waals surface area contributed by atoms with Crippen LogP contribution < -0.4 is 11.3 Å². The van der Waals surface area contributed by atoms with Crippen LogP contribution in [0.2, 0.25) is 0 Å². The third kappa shape index (κ3) is 1.60. The van der Waals surface area contributed by atoms with Crippen molar-refractivity contribution in [1.29, 1.82) is 0 Å². The number of thiazole rings is 1. The van der Waals surface area contributed by atoms with E-state index < -0.39 is 0 Å². The molecule has 0 radical (unpaired) electrons. The molecule has 3 rings (SSSR count). The highest BCUT2D eigenvalue weighted by molar-refractivity contribution is 7.14. The Hall–Kier alpha value is -1.85. The molecule has 0 bridgehead atoms. The van der Waals surface area contributed by atoms with E-state index in [0.29, 0.717) is 0 Å². The quantitative estimate of drug-likeness (QED) is 0.538. The molecule has 0 aliphatic heterocycles. The normalized spacial score (nSPS) is 10.9. The highest BCUT2D eigenvalue weighted by Crippen LogP contribution is 2.31. The fraction of sp³-hybridized carbons (Fsp3) is 0.0833. The van der Waals surface area contributed by atoms with Gasteiger partial charge in [0, 0.05) is 35.1 Å². The lowest BCUT2D eigenvalue weighted by Crippen LogP contribution is -2.05. The maximum Gasteiger partial charge on any atom is 0.197 e. The van der Waals surface area contributed by atoms with E-state index in [1.165, 1.54) is 22.2 Å². The maximum absolute atomic E-state index is 5.35. The predicted molar refractivity (Wildman–Crippen MR) is 71.8 cm³/mol. The molecule has 5 heteroatoms. The minimum Gasteiger partial charge on any atom is -0.350 e. The molecule has 0 aliphatic carbocycles. The summed E-state index contributed by atoms with van der Waals surface area (Å²) in [5.74, 6) is 5.35. The Bertz CT molecular complexity index is 668. The standard InChI is InChI=1S/C12H12N4S/c1-16-6-9(8-4-2-3-5-11(8)16)10-7-17-12(14-10)15-13/h2-7H,13H2,1H3,(H,14,15). The Morgan fingerprint density at radius 3 is 2.94 bits per heavy atom. The molecule has 3 N–H and O–H groups in total. The number of hydrogen-bond donors (Lipinski definition) is 2. The molecule has 3 aromatic rings. The largest absolute Gasteiger partial charge is 0.350 e. The average Bonchev–Trinajstić information content (AvgIpc) is 2.95. The van der Waals surface area contributed by atoms with Gasteiger partial charge in [0.05, 0.1) is 5.69 Å². The monoisotopic (exact) mass is 244 g/mol. The predicted octanol–water partition coefficient (Wildman–Crippen LogP) is 2.59. The third-order valence-electron chi connectivity index (χ3n) is 2.80. The van der Waals surface area contributed by atoms with Gasteiger partial charge in [-0.1, -0.05) is 18.2 Å². The zero-order chi connectivity index (χ0) is 11.8. The van der Waals surface area contributed by atoms with Crippen molar-refractivity contribution in [2.24, 2.45) is 12.9 Å². The molecule has 4 nitrogen and oxygen atoms in total. The number of nitrogens with one attached hydrogen (secondary N) is 1. The van der Waals surface area contributed by atoms with Crippen LogP contribution in [0.1, 0.15) is 0 Å². The molecule has 2 heterocycles. The molecule has 0 fully saturated rings. The summed E-state index contributed by atoms with van der Waals surface area (Å²) < 4.78 is 2.11. The van der Waals surface area contributed by atoms with E-state index >= 15 is 0 Å². The lowest BCUT2D eigenvalue weighted by molar-refractivity contribution is 0.969. The number of aryl methyl sites for hydroxylation is 1. The van der Waals surface area contributed by atoms with Crippen LogP contribution in [0.4, 0.5) is 5.13 Å². The molecule has 0 atom stereocenters. The summed E-state index contributed by atoms with van der Waals surface area (Å²) >= 11 is 1.51. The van der Waals surface area contributed by atoms with Crippen LogP contribution in [0.15, 0.2) is 35.8 Å². The first kappa shape index (κ1) is 10.3. The van der Waals surface area contributed by atoms with Crippen molar-refractivity contribution in [2.45, 2.75) is 0 Å². The maximum atomic E-state index is 5.35. The van der Waals surface area contributed by atoms with Gasteiger partial charge < -0.3 is 4.57 Å². The van der Waals surface area contributed by atoms with Crippen molar-refractivity contribution in [3.05, 3.63) is 35.8 Å². The molecule has 86 valence electrons. The molecule has 1 aromatic carbocycles. The van der Waals surface area contributed by atoms with Gasteiger partial charge in [0.1, 0.15) is 0 Å². The molecule has 0 saturated heterocycles. The van der Waals surface area contributed by atoms with Gasteiger partial charge >= 0.3 is 0 Å². The van der Waals surface area contributed by atoms with E-state index in [9.17, 15) is 0 Å². The molecule has 0 amide bonds. The first-order valence-corrected chi connectivity index (χ1v) is 6.14. The van der Waals surface area contributed by atoms with Crippen LogP contribution in [-0.2, 0) is 7.05 Å². The van der Waals surface area contributed by atoms with E-state index in [2.05, 4.69) is 33.3 Å². The number of rotatable bonds is 2. The van der Waals surface area contributed by atoms with Gasteiger partial charge in [-0.25, -0.2) is 10.8 Å². The number of nitrogens with two attached hydrogens (primary N) is 1. The lowest BCUT2D eigenvalue weighted by Gasteiger charge is -1.94. The highest BCUT2D eigenvalue weighted by atomic mass is 32.1. The van der Waals surface area contributed by atoms with E-state index in [0.717, 1.165) is 16.4 Å². The Morgan fingerprint density at radius 2 is 2.18 bits per heavy atom. The van der Waals surface area contributed by atoms with Gasteiger partial charge in [-0.05, 0) is 6.07 Å². The second kappa shape index (κ2) is 3.87. The van der Waals surface area contributed by atoms with Crippen LogP contribution in [0.3, 0.4) is 0 Å². The number of benzene rings is 1. The van der Waals surface area contributed by atoms with Crippen LogP contribution in [0, 0.1) is 0 Å². The molecule has 0 unspecified atom stereocenters. The average molecular weight is 244 g/mol. The van der Waals surface area contributed by atoms with Crippen LogP contribution >= 0.6 is 11.3 Å². The third-order valence-corrected chi connectivity index (χ3v) is 3.57. The molecular weight excluding hydrogens is 232 g/mol. The van der Waals surface area contributed by atoms with Gasteiger partial charge in [-0.3, -0.25) is 5.43 Å². The van der Waals surface area contributed by atoms with E-state index in [4.69, 9.17) is 5.84 Å². The SMILES string of the molecule is Cn1cc(-c2csc(NN)n2)c2ccccc21. The number of hydrazine groups is 1. The zero-order valence-electron chi connectivity index (χ0n) is 9.34. The summed E-state index contributed by atoms with van der Waals surface area (Å²) in [5, 5.41) is 3.95. The fourth-order valence-corrected chi connectivity index (χ4v) is 2.63. The molecule has 17 heavy (non-hydrogen) atoms. The van der Waals surface area contributed by atoms with Gasteiger partial charge in [-0.2, -0.15) is 0 Å². The number of fused-ring (bicyclic) bond motifs is 1. The van der Waals surface area contributed by atoms with Crippen LogP contribution in [-0.4, -0.2) is 9.55 Å². The van der Waals surface area contributed by atoms with Crippen LogP contribution in [0.25, 0.3) is 22.2 Å². The van der Waals surface area contributed by atoms with Gasteiger partial charge in [0.25, 0.3) is 0 Å². The molecule has 0 aliphatic rings. The van der Waals surface area contributed by atoms with Gasteiger partial charge in [0.2, 0.25) is 0 Å². The summed E-state index contributed by atoms with van der Waals surface area (Å²) in [6, 6.07) is 8.30. The van der Waals surface area contributed by atoms with E-state index in [-0.39, 0.29) is 0 Å². The van der Waals surface area contributed by atoms with Gasteiger partial charge in [-0.15, -0.1) is 11.3 Å². The number of anilines is 1. The summed E-state index contributed by atoms with van der Waals surface area (Å²) in [6.07, 6.45) is 2.10. The Kier molecular flexibility index (Phi) is 2.35. The summed E-state index contributed by atoms with van der Waals surface area (Å²) in [7, 11) is 2.04. The zero-order valence-corrected chi connectivity index (χ0v) is 10.2. The Morgan fingerprint density at radius 1 is 1.35 bits per heavy atom. The molecule has 0 spiro atoms. The summed E-state index contributed by atoms with van der Waals surface area (Å²) in [4.78, 5) is 4.43.